The summed E-state index contributed by atoms with van der Waals surface area (Å²) in [5.41, 5.74) is 0.839. The zero-order valence-corrected chi connectivity index (χ0v) is 11.2. The molecule has 0 bridgehead atoms. The number of rotatable bonds is 5. The lowest BCUT2D eigenvalue weighted by molar-refractivity contribution is 0.0889. The molecule has 0 spiro atoms. The van der Waals surface area contributed by atoms with Gasteiger partial charge in [0.25, 0.3) is 0 Å². The van der Waals surface area contributed by atoms with Crippen LogP contribution < -0.4 is 4.74 Å². The second-order valence-corrected chi connectivity index (χ2v) is 5.07. The summed E-state index contributed by atoms with van der Waals surface area (Å²) in [5, 5.41) is 0. The second kappa shape index (κ2) is 6.58. The summed E-state index contributed by atoms with van der Waals surface area (Å²) in [7, 11) is 0. The Morgan fingerprint density at radius 2 is 1.83 bits per heavy atom. The van der Waals surface area contributed by atoms with E-state index in [9.17, 15) is 4.79 Å². The van der Waals surface area contributed by atoms with Crippen LogP contribution in [0.25, 0.3) is 0 Å². The summed E-state index contributed by atoms with van der Waals surface area (Å²) in [6.45, 7) is 2.82. The van der Waals surface area contributed by atoms with Crippen LogP contribution in [-0.2, 0) is 0 Å². The highest BCUT2D eigenvalue weighted by Gasteiger charge is 2.22. The van der Waals surface area contributed by atoms with Crippen LogP contribution in [0.15, 0.2) is 24.3 Å². The van der Waals surface area contributed by atoms with Gasteiger partial charge in [-0.15, -0.1) is 0 Å². The van der Waals surface area contributed by atoms with Crippen molar-refractivity contribution in [2.45, 2.75) is 45.4 Å². The van der Waals surface area contributed by atoms with E-state index in [-0.39, 0.29) is 5.92 Å². The first kappa shape index (κ1) is 13.1. The third kappa shape index (κ3) is 3.34. The molecule has 0 atom stereocenters. The Bertz CT molecular complexity index is 375. The summed E-state index contributed by atoms with van der Waals surface area (Å²) in [6, 6.07) is 7.63. The van der Waals surface area contributed by atoms with E-state index in [1.165, 1.54) is 19.3 Å². The lowest BCUT2D eigenvalue weighted by Gasteiger charge is -2.20. The van der Waals surface area contributed by atoms with E-state index < -0.39 is 0 Å². The monoisotopic (exact) mass is 246 g/mol. The molecule has 2 heteroatoms. The molecule has 2 nitrogen and oxygen atoms in total. The van der Waals surface area contributed by atoms with Crippen LogP contribution in [0.4, 0.5) is 0 Å². The minimum atomic E-state index is 0.251. The molecular formula is C16H22O2. The van der Waals surface area contributed by atoms with Crippen molar-refractivity contribution in [3.8, 4) is 5.75 Å². The number of hydrogen-bond acceptors (Lipinski definition) is 2. The molecule has 2 rings (SSSR count). The number of hydrogen-bond donors (Lipinski definition) is 0. The molecule has 0 saturated heterocycles. The standard InChI is InChI=1S/C16H22O2/c1-2-12-18-15-10-8-14(9-11-15)16(17)13-6-4-3-5-7-13/h8-11,13H,2-7,12H2,1H3. The zero-order chi connectivity index (χ0) is 12.8. The van der Waals surface area contributed by atoms with Crippen molar-refractivity contribution in [1.82, 2.24) is 0 Å². The Balaban J connectivity index is 1.97. The minimum absolute atomic E-state index is 0.251. The van der Waals surface area contributed by atoms with Gasteiger partial charge in [0.2, 0.25) is 0 Å². The Morgan fingerprint density at radius 1 is 1.17 bits per heavy atom. The normalized spacial score (nSPS) is 16.5. The lowest BCUT2D eigenvalue weighted by atomic mass is 9.84. The first-order valence-electron chi connectivity index (χ1n) is 7.08. The Hall–Kier alpha value is -1.31. The molecular weight excluding hydrogens is 224 g/mol. The Morgan fingerprint density at radius 3 is 2.44 bits per heavy atom. The molecule has 1 aliphatic rings. The molecule has 98 valence electrons. The summed E-state index contributed by atoms with van der Waals surface area (Å²) < 4.78 is 5.52. The number of carbonyl (C=O) groups is 1. The number of ketones is 1. The topological polar surface area (TPSA) is 26.3 Å². The van der Waals surface area contributed by atoms with Crippen molar-refractivity contribution >= 4 is 5.78 Å². The quantitative estimate of drug-likeness (QED) is 0.726. The zero-order valence-electron chi connectivity index (χ0n) is 11.2. The summed E-state index contributed by atoms with van der Waals surface area (Å²) >= 11 is 0. The fourth-order valence-electron chi connectivity index (χ4n) is 2.54. The molecule has 0 amide bonds. The molecule has 1 fully saturated rings. The van der Waals surface area contributed by atoms with E-state index in [1.54, 1.807) is 0 Å². The van der Waals surface area contributed by atoms with Gasteiger partial charge in [-0.3, -0.25) is 4.79 Å². The number of benzene rings is 1. The minimum Gasteiger partial charge on any atom is -0.494 e. The smallest absolute Gasteiger partial charge is 0.165 e. The summed E-state index contributed by atoms with van der Waals surface area (Å²) in [6.07, 6.45) is 6.82. The van der Waals surface area contributed by atoms with E-state index in [0.29, 0.717) is 5.78 Å². The Kier molecular flexibility index (Phi) is 4.80. The predicted molar refractivity (Wildman–Crippen MR) is 73.1 cm³/mol. The number of ether oxygens (including phenoxy) is 1. The van der Waals surface area contributed by atoms with E-state index in [4.69, 9.17) is 4.74 Å². The van der Waals surface area contributed by atoms with Crippen LogP contribution in [0.2, 0.25) is 0 Å². The fourth-order valence-corrected chi connectivity index (χ4v) is 2.54. The highest BCUT2D eigenvalue weighted by molar-refractivity contribution is 5.97. The molecule has 0 aliphatic heterocycles. The van der Waals surface area contributed by atoms with Crippen LogP contribution >= 0.6 is 0 Å². The molecule has 0 aromatic heterocycles. The highest BCUT2D eigenvalue weighted by atomic mass is 16.5. The molecule has 1 saturated carbocycles. The van der Waals surface area contributed by atoms with E-state index in [0.717, 1.165) is 37.2 Å². The van der Waals surface area contributed by atoms with Gasteiger partial charge < -0.3 is 4.74 Å². The van der Waals surface area contributed by atoms with E-state index >= 15 is 0 Å². The van der Waals surface area contributed by atoms with Crippen molar-refractivity contribution in [2.24, 2.45) is 5.92 Å². The fraction of sp³-hybridized carbons (Fsp3) is 0.562. The van der Waals surface area contributed by atoms with Gasteiger partial charge in [0.05, 0.1) is 6.61 Å². The first-order valence-corrected chi connectivity index (χ1v) is 7.08. The average Bonchev–Trinajstić information content (AvgIpc) is 2.46. The van der Waals surface area contributed by atoms with Crippen LogP contribution in [0.3, 0.4) is 0 Å². The van der Waals surface area contributed by atoms with Crippen molar-refractivity contribution in [2.75, 3.05) is 6.61 Å². The molecule has 0 unspecified atom stereocenters. The maximum absolute atomic E-state index is 12.3. The largest absolute Gasteiger partial charge is 0.494 e. The molecule has 0 N–H and O–H groups in total. The van der Waals surface area contributed by atoms with Crippen molar-refractivity contribution in [3.05, 3.63) is 29.8 Å². The Labute approximate surface area is 109 Å². The molecule has 1 aromatic carbocycles. The van der Waals surface area contributed by atoms with E-state index in [2.05, 4.69) is 6.92 Å². The van der Waals surface area contributed by atoms with Gasteiger partial charge in [0.1, 0.15) is 5.75 Å². The molecule has 1 aromatic rings. The van der Waals surface area contributed by atoms with Crippen molar-refractivity contribution in [3.63, 3.8) is 0 Å². The average molecular weight is 246 g/mol. The van der Waals surface area contributed by atoms with Gasteiger partial charge in [0, 0.05) is 11.5 Å². The van der Waals surface area contributed by atoms with Gasteiger partial charge in [-0.05, 0) is 43.5 Å². The third-order valence-electron chi connectivity index (χ3n) is 3.59. The van der Waals surface area contributed by atoms with Crippen LogP contribution in [0.5, 0.6) is 5.75 Å². The number of carbonyl (C=O) groups excluding carboxylic acids is 1. The van der Waals surface area contributed by atoms with Crippen LogP contribution in [0, 0.1) is 5.92 Å². The van der Waals surface area contributed by atoms with Gasteiger partial charge in [-0.2, -0.15) is 0 Å². The van der Waals surface area contributed by atoms with Gasteiger partial charge in [-0.1, -0.05) is 26.2 Å². The predicted octanol–water partition coefficient (Wildman–Crippen LogP) is 4.24. The summed E-state index contributed by atoms with van der Waals surface area (Å²) in [4.78, 5) is 12.3. The maximum Gasteiger partial charge on any atom is 0.165 e. The van der Waals surface area contributed by atoms with Gasteiger partial charge in [0.15, 0.2) is 5.78 Å². The van der Waals surface area contributed by atoms with Gasteiger partial charge in [-0.25, -0.2) is 0 Å². The third-order valence-corrected chi connectivity index (χ3v) is 3.59. The number of Topliss-reactive ketones (excluding diaryl/α,β-unsaturated/α-hetero) is 1. The van der Waals surface area contributed by atoms with Crippen LogP contribution in [0.1, 0.15) is 55.8 Å². The maximum atomic E-state index is 12.3. The van der Waals surface area contributed by atoms with Gasteiger partial charge >= 0.3 is 0 Å². The first-order chi connectivity index (χ1) is 8.81. The van der Waals surface area contributed by atoms with Crippen LogP contribution in [-0.4, -0.2) is 12.4 Å². The van der Waals surface area contributed by atoms with Crippen molar-refractivity contribution < 1.29 is 9.53 Å². The second-order valence-electron chi connectivity index (χ2n) is 5.07. The molecule has 0 heterocycles. The lowest BCUT2D eigenvalue weighted by Crippen LogP contribution is -2.17. The molecule has 18 heavy (non-hydrogen) atoms. The molecule has 0 radical (unpaired) electrons. The van der Waals surface area contributed by atoms with Crippen molar-refractivity contribution in [1.29, 1.82) is 0 Å². The molecule has 1 aliphatic carbocycles. The summed E-state index contributed by atoms with van der Waals surface area (Å²) in [5.74, 6) is 1.43. The van der Waals surface area contributed by atoms with E-state index in [1.807, 2.05) is 24.3 Å². The highest BCUT2D eigenvalue weighted by Crippen LogP contribution is 2.27. The SMILES string of the molecule is CCCOc1ccc(C(=O)C2CCCCC2)cc1.